The van der Waals surface area contributed by atoms with Crippen LogP contribution in [0.5, 0.6) is 0 Å². The van der Waals surface area contributed by atoms with Gasteiger partial charge in [0, 0.05) is 25.2 Å². The molecular weight excluding hydrogens is 240 g/mol. The van der Waals surface area contributed by atoms with Crippen molar-refractivity contribution >= 4 is 18.3 Å². The van der Waals surface area contributed by atoms with Crippen LogP contribution in [0.1, 0.15) is 30.0 Å². The number of halogens is 1. The molecule has 0 aromatic carbocycles. The minimum Gasteiger partial charge on any atom is -0.469 e. The smallest absolute Gasteiger partial charge is 0.257 e. The first kappa shape index (κ1) is 14.1. The summed E-state index contributed by atoms with van der Waals surface area (Å²) in [5.41, 5.74) is 0.682. The standard InChI is InChI=1S/C12H18N2O2.ClH/c1-8-6-14(7-9(2)13-8)12(15)11-4-5-16-10(11)3;/h4-5,8-9,13H,6-7H2,1-3H3;1H. The minimum absolute atomic E-state index is 0. The Balaban J connectivity index is 0.00000144. The highest BCUT2D eigenvalue weighted by Gasteiger charge is 2.26. The number of nitrogens with one attached hydrogen (secondary N) is 1. The average molecular weight is 259 g/mol. The Morgan fingerprint density at radius 1 is 1.41 bits per heavy atom. The maximum absolute atomic E-state index is 12.2. The van der Waals surface area contributed by atoms with Crippen LogP contribution in [-0.4, -0.2) is 36.0 Å². The summed E-state index contributed by atoms with van der Waals surface area (Å²) in [5, 5.41) is 3.41. The number of furan rings is 1. The lowest BCUT2D eigenvalue weighted by Gasteiger charge is -2.36. The van der Waals surface area contributed by atoms with Crippen LogP contribution in [0.2, 0.25) is 0 Å². The number of aryl methyl sites for hydroxylation is 1. The molecule has 2 rings (SSSR count). The highest BCUT2D eigenvalue weighted by atomic mass is 35.5. The third kappa shape index (κ3) is 3.01. The molecule has 0 aliphatic carbocycles. The quantitative estimate of drug-likeness (QED) is 0.836. The van der Waals surface area contributed by atoms with Crippen molar-refractivity contribution in [3.05, 3.63) is 23.7 Å². The van der Waals surface area contributed by atoms with Crippen molar-refractivity contribution < 1.29 is 9.21 Å². The van der Waals surface area contributed by atoms with Crippen molar-refractivity contribution in [1.29, 1.82) is 0 Å². The first-order valence-electron chi connectivity index (χ1n) is 5.67. The number of hydrogen-bond acceptors (Lipinski definition) is 3. The maximum Gasteiger partial charge on any atom is 0.257 e. The molecule has 1 aromatic heterocycles. The predicted molar refractivity (Wildman–Crippen MR) is 68.7 cm³/mol. The van der Waals surface area contributed by atoms with E-state index in [1.54, 1.807) is 12.3 Å². The van der Waals surface area contributed by atoms with Gasteiger partial charge in [-0.3, -0.25) is 4.79 Å². The summed E-state index contributed by atoms with van der Waals surface area (Å²) >= 11 is 0. The van der Waals surface area contributed by atoms with Crippen molar-refractivity contribution in [2.45, 2.75) is 32.9 Å². The van der Waals surface area contributed by atoms with Crippen LogP contribution in [0.4, 0.5) is 0 Å². The minimum atomic E-state index is 0. The molecule has 1 amide bonds. The fourth-order valence-corrected chi connectivity index (χ4v) is 2.27. The zero-order chi connectivity index (χ0) is 11.7. The Morgan fingerprint density at radius 2 is 2.00 bits per heavy atom. The van der Waals surface area contributed by atoms with Crippen molar-refractivity contribution in [2.75, 3.05) is 13.1 Å². The average Bonchev–Trinajstić information content (AvgIpc) is 2.62. The molecule has 0 spiro atoms. The second-order valence-corrected chi connectivity index (χ2v) is 4.57. The fraction of sp³-hybridized carbons (Fsp3) is 0.583. The van der Waals surface area contributed by atoms with Gasteiger partial charge in [-0.2, -0.15) is 0 Å². The molecule has 17 heavy (non-hydrogen) atoms. The van der Waals surface area contributed by atoms with E-state index in [2.05, 4.69) is 19.2 Å². The first-order valence-corrected chi connectivity index (χ1v) is 5.67. The zero-order valence-corrected chi connectivity index (χ0v) is 11.2. The lowest BCUT2D eigenvalue weighted by atomic mass is 10.1. The van der Waals surface area contributed by atoms with Gasteiger partial charge in [0.25, 0.3) is 5.91 Å². The predicted octanol–water partition coefficient (Wildman–Crippen LogP) is 1.83. The van der Waals surface area contributed by atoms with Gasteiger partial charge in [0.15, 0.2) is 0 Å². The van der Waals surface area contributed by atoms with E-state index >= 15 is 0 Å². The van der Waals surface area contributed by atoms with Gasteiger partial charge in [-0.15, -0.1) is 12.4 Å². The van der Waals surface area contributed by atoms with Crippen molar-refractivity contribution in [1.82, 2.24) is 10.2 Å². The molecule has 0 saturated carbocycles. The Kier molecular flexibility index (Phi) is 4.60. The molecule has 5 heteroatoms. The second kappa shape index (κ2) is 5.56. The van der Waals surface area contributed by atoms with E-state index < -0.39 is 0 Å². The highest BCUT2D eigenvalue weighted by molar-refractivity contribution is 5.95. The normalized spacial score (nSPS) is 24.3. The SMILES string of the molecule is Cc1occc1C(=O)N1CC(C)NC(C)C1.Cl. The van der Waals surface area contributed by atoms with Gasteiger partial charge in [0.2, 0.25) is 0 Å². The molecule has 1 saturated heterocycles. The molecule has 0 radical (unpaired) electrons. The van der Waals surface area contributed by atoms with Crippen LogP contribution >= 0.6 is 12.4 Å². The number of carbonyl (C=O) groups excluding carboxylic acids is 1. The highest BCUT2D eigenvalue weighted by Crippen LogP contribution is 2.14. The van der Waals surface area contributed by atoms with Gasteiger partial charge in [-0.25, -0.2) is 0 Å². The zero-order valence-electron chi connectivity index (χ0n) is 10.4. The fourth-order valence-electron chi connectivity index (χ4n) is 2.27. The molecule has 2 unspecified atom stereocenters. The molecular formula is C12H19ClN2O2. The molecule has 0 bridgehead atoms. The van der Waals surface area contributed by atoms with E-state index in [-0.39, 0.29) is 18.3 Å². The molecule has 2 heterocycles. The third-order valence-corrected chi connectivity index (χ3v) is 2.93. The number of hydrogen-bond donors (Lipinski definition) is 1. The van der Waals surface area contributed by atoms with Gasteiger partial charge < -0.3 is 14.6 Å². The van der Waals surface area contributed by atoms with Crippen LogP contribution in [0.15, 0.2) is 16.7 Å². The van der Waals surface area contributed by atoms with Crippen LogP contribution in [-0.2, 0) is 0 Å². The van der Waals surface area contributed by atoms with Gasteiger partial charge in [0.1, 0.15) is 5.76 Å². The van der Waals surface area contributed by atoms with Crippen LogP contribution in [0.25, 0.3) is 0 Å². The summed E-state index contributed by atoms with van der Waals surface area (Å²) in [6.45, 7) is 7.53. The number of amides is 1. The molecule has 2 atom stereocenters. The molecule has 96 valence electrons. The van der Waals surface area contributed by atoms with E-state index in [0.717, 1.165) is 13.1 Å². The van der Waals surface area contributed by atoms with E-state index in [9.17, 15) is 4.79 Å². The van der Waals surface area contributed by atoms with Gasteiger partial charge in [-0.1, -0.05) is 0 Å². The van der Waals surface area contributed by atoms with Crippen molar-refractivity contribution in [2.24, 2.45) is 0 Å². The number of carbonyl (C=O) groups is 1. The van der Waals surface area contributed by atoms with E-state index in [0.29, 0.717) is 23.4 Å². The van der Waals surface area contributed by atoms with Crippen molar-refractivity contribution in [3.8, 4) is 0 Å². The van der Waals surface area contributed by atoms with Gasteiger partial charge in [-0.05, 0) is 26.8 Å². The summed E-state index contributed by atoms with van der Waals surface area (Å²) in [6, 6.07) is 2.44. The third-order valence-electron chi connectivity index (χ3n) is 2.93. The largest absolute Gasteiger partial charge is 0.469 e. The number of nitrogens with zero attached hydrogens (tertiary/aromatic N) is 1. The molecule has 1 aliphatic rings. The molecule has 1 N–H and O–H groups in total. The summed E-state index contributed by atoms with van der Waals surface area (Å²) in [6.07, 6.45) is 1.57. The van der Waals surface area contributed by atoms with Crippen molar-refractivity contribution in [3.63, 3.8) is 0 Å². The molecule has 4 nitrogen and oxygen atoms in total. The lowest BCUT2D eigenvalue weighted by molar-refractivity contribution is 0.0672. The monoisotopic (exact) mass is 258 g/mol. The number of rotatable bonds is 1. The van der Waals surface area contributed by atoms with Gasteiger partial charge in [0.05, 0.1) is 11.8 Å². The Labute approximate surface area is 108 Å². The second-order valence-electron chi connectivity index (χ2n) is 4.57. The Bertz CT molecular complexity index is 382. The van der Waals surface area contributed by atoms with Crippen LogP contribution < -0.4 is 5.32 Å². The number of piperazine rings is 1. The first-order chi connectivity index (χ1) is 7.58. The maximum atomic E-state index is 12.2. The van der Waals surface area contributed by atoms with Crippen LogP contribution in [0.3, 0.4) is 0 Å². The van der Waals surface area contributed by atoms with E-state index in [1.807, 2.05) is 11.8 Å². The lowest BCUT2D eigenvalue weighted by Crippen LogP contribution is -2.55. The Hall–Kier alpha value is -1.00. The molecule has 1 aromatic rings. The summed E-state index contributed by atoms with van der Waals surface area (Å²) in [4.78, 5) is 14.1. The molecule has 1 fully saturated rings. The Morgan fingerprint density at radius 3 is 2.47 bits per heavy atom. The van der Waals surface area contributed by atoms with E-state index in [1.165, 1.54) is 0 Å². The summed E-state index contributed by atoms with van der Waals surface area (Å²) < 4.78 is 5.17. The summed E-state index contributed by atoms with van der Waals surface area (Å²) in [7, 11) is 0. The molecule has 1 aliphatic heterocycles. The topological polar surface area (TPSA) is 45.5 Å². The van der Waals surface area contributed by atoms with E-state index in [4.69, 9.17) is 4.42 Å². The van der Waals surface area contributed by atoms with Gasteiger partial charge >= 0.3 is 0 Å². The van der Waals surface area contributed by atoms with Crippen LogP contribution in [0, 0.1) is 6.92 Å². The summed E-state index contributed by atoms with van der Waals surface area (Å²) in [5.74, 6) is 0.773.